The molecule has 16 heavy (non-hydrogen) atoms. The van der Waals surface area contributed by atoms with Gasteiger partial charge in [0.15, 0.2) is 0 Å². The first-order chi connectivity index (χ1) is 7.24. The van der Waals surface area contributed by atoms with Gasteiger partial charge in [-0.2, -0.15) is 13.2 Å². The second-order valence-corrected chi connectivity index (χ2v) is 5.14. The highest BCUT2D eigenvalue weighted by atomic mass is 32.2. The lowest BCUT2D eigenvalue weighted by Crippen LogP contribution is -2.42. The fraction of sp³-hybridized carbons (Fsp3) is 0.778. The van der Waals surface area contributed by atoms with Crippen LogP contribution in [0.25, 0.3) is 0 Å². The lowest BCUT2D eigenvalue weighted by atomic mass is 10.1. The predicted molar refractivity (Wildman–Crippen MR) is 56.2 cm³/mol. The van der Waals surface area contributed by atoms with Crippen molar-refractivity contribution in [3.05, 3.63) is 12.7 Å². The molecule has 0 rings (SSSR count). The van der Waals surface area contributed by atoms with E-state index >= 15 is 0 Å². The molecule has 0 aromatic heterocycles. The van der Waals surface area contributed by atoms with E-state index in [4.69, 9.17) is 0 Å². The van der Waals surface area contributed by atoms with Crippen LogP contribution in [0.15, 0.2) is 12.7 Å². The summed E-state index contributed by atoms with van der Waals surface area (Å²) in [4.78, 5) is 0. The molecule has 0 amide bonds. The second-order valence-electron chi connectivity index (χ2n) is 3.43. The van der Waals surface area contributed by atoms with Gasteiger partial charge in [-0.05, 0) is 12.8 Å². The summed E-state index contributed by atoms with van der Waals surface area (Å²) in [6, 6.07) is -0.732. The molecule has 0 aliphatic carbocycles. The van der Waals surface area contributed by atoms with Crippen LogP contribution in [0.1, 0.15) is 32.6 Å². The summed E-state index contributed by atoms with van der Waals surface area (Å²) in [5, 5.41) is 0. The van der Waals surface area contributed by atoms with Gasteiger partial charge in [0.1, 0.15) is 0 Å². The van der Waals surface area contributed by atoms with Gasteiger partial charge in [-0.1, -0.05) is 25.8 Å². The van der Waals surface area contributed by atoms with Crippen molar-refractivity contribution in [1.82, 2.24) is 4.72 Å². The highest BCUT2D eigenvalue weighted by Crippen LogP contribution is 2.23. The van der Waals surface area contributed by atoms with Gasteiger partial charge in [0.05, 0.1) is 0 Å². The summed E-state index contributed by atoms with van der Waals surface area (Å²) in [7, 11) is -5.25. The number of hydrogen-bond acceptors (Lipinski definition) is 2. The minimum Gasteiger partial charge on any atom is -0.204 e. The maximum Gasteiger partial charge on any atom is 0.511 e. The number of rotatable bonds is 7. The van der Waals surface area contributed by atoms with Gasteiger partial charge in [-0.3, -0.25) is 0 Å². The Hall–Kier alpha value is -0.560. The van der Waals surface area contributed by atoms with Crippen LogP contribution in [-0.2, 0) is 10.0 Å². The fourth-order valence-electron chi connectivity index (χ4n) is 1.16. The van der Waals surface area contributed by atoms with E-state index in [0.717, 1.165) is 6.42 Å². The van der Waals surface area contributed by atoms with E-state index in [1.807, 2.05) is 6.92 Å². The Balaban J connectivity index is 4.56. The van der Waals surface area contributed by atoms with Crippen LogP contribution >= 0.6 is 0 Å². The standard InChI is InChI=1S/C9H16F3NO2S/c1-3-5-7-8(6-4-2)13-16(14,15)9(10,11)12/h4,8,13H,2-3,5-7H2,1H3. The zero-order chi connectivity index (χ0) is 12.8. The van der Waals surface area contributed by atoms with Gasteiger partial charge in [-0.15, -0.1) is 6.58 Å². The SMILES string of the molecule is C=CCC(CCCC)NS(=O)(=O)C(F)(F)F. The molecule has 0 saturated carbocycles. The van der Waals surface area contributed by atoms with Crippen molar-refractivity contribution in [3.8, 4) is 0 Å². The van der Waals surface area contributed by atoms with E-state index in [2.05, 4.69) is 6.58 Å². The molecule has 0 aromatic rings. The molecule has 0 bridgehead atoms. The molecule has 0 aromatic carbocycles. The number of nitrogens with one attached hydrogen (secondary N) is 1. The number of alkyl halides is 3. The molecular formula is C9H16F3NO2S. The molecule has 0 aliphatic rings. The topological polar surface area (TPSA) is 46.2 Å². The minimum absolute atomic E-state index is 0.190. The van der Waals surface area contributed by atoms with Crippen LogP contribution in [0.3, 0.4) is 0 Å². The Labute approximate surface area is 93.8 Å². The molecule has 0 fully saturated rings. The molecular weight excluding hydrogens is 243 g/mol. The van der Waals surface area contributed by atoms with Gasteiger partial charge in [0, 0.05) is 6.04 Å². The number of hydrogen-bond donors (Lipinski definition) is 1. The zero-order valence-electron chi connectivity index (χ0n) is 9.05. The number of sulfonamides is 1. The quantitative estimate of drug-likeness (QED) is 0.714. The van der Waals surface area contributed by atoms with E-state index in [-0.39, 0.29) is 6.42 Å². The molecule has 96 valence electrons. The first-order valence-corrected chi connectivity index (χ1v) is 6.42. The van der Waals surface area contributed by atoms with Crippen LogP contribution in [0, 0.1) is 0 Å². The average molecular weight is 259 g/mol. The molecule has 1 N–H and O–H groups in total. The van der Waals surface area contributed by atoms with E-state index in [9.17, 15) is 21.6 Å². The largest absolute Gasteiger partial charge is 0.511 e. The van der Waals surface area contributed by atoms with Crippen LogP contribution in [0.2, 0.25) is 0 Å². The lowest BCUT2D eigenvalue weighted by Gasteiger charge is -2.17. The summed E-state index contributed by atoms with van der Waals surface area (Å²) in [5.74, 6) is 0. The molecule has 1 atom stereocenters. The van der Waals surface area contributed by atoms with Crippen molar-refractivity contribution in [2.45, 2.75) is 44.2 Å². The molecule has 3 nitrogen and oxygen atoms in total. The molecule has 0 spiro atoms. The van der Waals surface area contributed by atoms with Crippen LogP contribution < -0.4 is 4.72 Å². The van der Waals surface area contributed by atoms with E-state index in [0.29, 0.717) is 12.8 Å². The van der Waals surface area contributed by atoms with Gasteiger partial charge < -0.3 is 0 Å². The zero-order valence-corrected chi connectivity index (χ0v) is 9.87. The van der Waals surface area contributed by atoms with Crippen LogP contribution in [0.4, 0.5) is 13.2 Å². The normalized spacial score (nSPS) is 14.8. The molecule has 0 heterocycles. The monoisotopic (exact) mass is 259 g/mol. The summed E-state index contributed by atoms with van der Waals surface area (Å²) in [6.45, 7) is 5.26. The van der Waals surface area contributed by atoms with Gasteiger partial charge in [-0.25, -0.2) is 13.1 Å². The molecule has 0 aliphatic heterocycles. The van der Waals surface area contributed by atoms with Gasteiger partial charge >= 0.3 is 15.5 Å². The Kier molecular flexibility index (Phi) is 6.02. The fourth-order valence-corrected chi connectivity index (χ4v) is 1.95. The Morgan fingerprint density at radius 3 is 2.38 bits per heavy atom. The maximum atomic E-state index is 12.1. The Morgan fingerprint density at radius 2 is 2.00 bits per heavy atom. The van der Waals surface area contributed by atoms with Crippen molar-refractivity contribution in [2.75, 3.05) is 0 Å². The van der Waals surface area contributed by atoms with E-state index < -0.39 is 21.6 Å². The van der Waals surface area contributed by atoms with Gasteiger partial charge in [0.2, 0.25) is 0 Å². The molecule has 7 heteroatoms. The van der Waals surface area contributed by atoms with Crippen molar-refractivity contribution >= 4 is 10.0 Å². The summed E-state index contributed by atoms with van der Waals surface area (Å²) >= 11 is 0. The van der Waals surface area contributed by atoms with Crippen molar-refractivity contribution in [3.63, 3.8) is 0 Å². The average Bonchev–Trinajstić information content (AvgIpc) is 2.12. The third-order valence-electron chi connectivity index (χ3n) is 1.98. The van der Waals surface area contributed by atoms with Crippen LogP contribution in [0.5, 0.6) is 0 Å². The molecule has 0 radical (unpaired) electrons. The molecule has 1 unspecified atom stereocenters. The van der Waals surface area contributed by atoms with E-state index in [1.54, 1.807) is 4.72 Å². The first kappa shape index (κ1) is 15.4. The van der Waals surface area contributed by atoms with Gasteiger partial charge in [0.25, 0.3) is 0 Å². The Morgan fingerprint density at radius 1 is 1.44 bits per heavy atom. The Bertz CT molecular complexity index is 311. The van der Waals surface area contributed by atoms with Crippen molar-refractivity contribution < 1.29 is 21.6 Å². The molecule has 0 saturated heterocycles. The lowest BCUT2D eigenvalue weighted by molar-refractivity contribution is -0.0451. The summed E-state index contributed by atoms with van der Waals surface area (Å²) < 4.78 is 59.5. The second kappa shape index (κ2) is 6.24. The maximum absolute atomic E-state index is 12.1. The summed E-state index contributed by atoms with van der Waals surface area (Å²) in [6.07, 6.45) is 3.42. The first-order valence-electron chi connectivity index (χ1n) is 4.94. The highest BCUT2D eigenvalue weighted by Gasteiger charge is 2.46. The number of unbranched alkanes of at least 4 members (excludes halogenated alkanes) is 1. The third-order valence-corrected chi connectivity index (χ3v) is 3.24. The predicted octanol–water partition coefficient (Wildman–Crippen LogP) is 2.56. The summed E-state index contributed by atoms with van der Waals surface area (Å²) in [5.41, 5.74) is -5.25. The highest BCUT2D eigenvalue weighted by molar-refractivity contribution is 7.90. The van der Waals surface area contributed by atoms with Crippen molar-refractivity contribution in [2.24, 2.45) is 0 Å². The van der Waals surface area contributed by atoms with E-state index in [1.165, 1.54) is 6.08 Å². The van der Waals surface area contributed by atoms with Crippen LogP contribution in [-0.4, -0.2) is 20.0 Å². The smallest absolute Gasteiger partial charge is 0.204 e. The minimum atomic E-state index is -5.25. The number of halogens is 3. The van der Waals surface area contributed by atoms with Crippen molar-refractivity contribution in [1.29, 1.82) is 0 Å². The third kappa shape index (κ3) is 4.98.